The summed E-state index contributed by atoms with van der Waals surface area (Å²) in [5.74, 6) is 3.66. The van der Waals surface area contributed by atoms with E-state index in [1.165, 1.54) is 32.1 Å². The molecule has 1 aromatic rings. The van der Waals surface area contributed by atoms with Gasteiger partial charge in [0, 0.05) is 0 Å². The number of fused-ring (bicyclic) bond motifs is 5. The molecule has 0 heterocycles. The van der Waals surface area contributed by atoms with Crippen molar-refractivity contribution in [2.75, 3.05) is 0 Å². The second kappa shape index (κ2) is 9.59. The molecule has 9 atom stereocenters. The Bertz CT molecular complexity index is 1040. The second-order valence-electron chi connectivity index (χ2n) is 13.5. The van der Waals surface area contributed by atoms with E-state index in [4.69, 9.17) is 0 Å². The number of hydrogen-bond acceptors (Lipinski definition) is 3. The van der Waals surface area contributed by atoms with Gasteiger partial charge in [-0.25, -0.2) is 0 Å². The van der Waals surface area contributed by atoms with Crippen molar-refractivity contribution in [2.24, 2.45) is 40.4 Å². The summed E-state index contributed by atoms with van der Waals surface area (Å²) >= 11 is 0. The smallest absolute Gasteiger partial charge is 0.0995 e. The number of aliphatic hydroxyl groups is 2. The minimum absolute atomic E-state index is 0.285. The summed E-state index contributed by atoms with van der Waals surface area (Å²) in [6.45, 7) is 9.69. The summed E-state index contributed by atoms with van der Waals surface area (Å²) in [6.07, 6.45) is 14.2. The summed E-state index contributed by atoms with van der Waals surface area (Å²) < 4.78 is 0. The monoisotopic (exact) mass is 489 g/mol. The van der Waals surface area contributed by atoms with Gasteiger partial charge in [0.15, 0.2) is 0 Å². The van der Waals surface area contributed by atoms with Crippen molar-refractivity contribution in [1.29, 1.82) is 5.26 Å². The molecule has 3 nitrogen and oxygen atoms in total. The lowest BCUT2D eigenvalue weighted by molar-refractivity contribution is -0.0757. The average molecular weight is 490 g/mol. The summed E-state index contributed by atoms with van der Waals surface area (Å²) in [6, 6.07) is 9.74. The number of nitriles is 1. The van der Waals surface area contributed by atoms with Gasteiger partial charge in [-0.05, 0) is 123 Å². The fourth-order valence-corrected chi connectivity index (χ4v) is 9.66. The van der Waals surface area contributed by atoms with Crippen LogP contribution in [0.1, 0.15) is 116 Å². The molecule has 0 aliphatic heterocycles. The lowest BCUT2D eigenvalue weighted by Gasteiger charge is -2.59. The molecule has 36 heavy (non-hydrogen) atoms. The lowest BCUT2D eigenvalue weighted by atomic mass is 9.46. The third kappa shape index (κ3) is 4.17. The zero-order valence-electron chi connectivity index (χ0n) is 23.0. The molecule has 3 heteroatoms. The first-order chi connectivity index (χ1) is 17.1. The van der Waals surface area contributed by atoms with Crippen molar-refractivity contribution in [1.82, 2.24) is 0 Å². The van der Waals surface area contributed by atoms with Gasteiger partial charge in [-0.15, -0.1) is 0 Å². The summed E-state index contributed by atoms with van der Waals surface area (Å²) in [5, 5.41) is 31.4. The zero-order valence-corrected chi connectivity index (χ0v) is 23.0. The first-order valence-electron chi connectivity index (χ1n) is 14.7. The van der Waals surface area contributed by atoms with Crippen LogP contribution in [0, 0.1) is 51.8 Å². The van der Waals surface area contributed by atoms with Gasteiger partial charge in [0.05, 0.1) is 23.3 Å². The summed E-state index contributed by atoms with van der Waals surface area (Å²) in [7, 11) is 0. The van der Waals surface area contributed by atoms with Crippen LogP contribution in [0.3, 0.4) is 0 Å². The van der Waals surface area contributed by atoms with Crippen molar-refractivity contribution in [2.45, 2.75) is 110 Å². The van der Waals surface area contributed by atoms with Crippen LogP contribution in [0.15, 0.2) is 35.9 Å². The van der Waals surface area contributed by atoms with Crippen LogP contribution in [0.25, 0.3) is 0 Å². The van der Waals surface area contributed by atoms with Crippen molar-refractivity contribution in [3.63, 3.8) is 0 Å². The molecule has 1 aromatic carbocycles. The van der Waals surface area contributed by atoms with Gasteiger partial charge in [0.25, 0.3) is 0 Å². The molecule has 0 saturated heterocycles. The van der Waals surface area contributed by atoms with Crippen LogP contribution in [0.5, 0.6) is 0 Å². The van der Waals surface area contributed by atoms with Crippen LogP contribution < -0.4 is 0 Å². The Labute approximate surface area is 219 Å². The Morgan fingerprint density at radius 1 is 1.06 bits per heavy atom. The van der Waals surface area contributed by atoms with Gasteiger partial charge < -0.3 is 10.2 Å². The summed E-state index contributed by atoms with van der Waals surface area (Å²) in [4.78, 5) is 0. The highest BCUT2D eigenvalue weighted by Crippen LogP contribution is 2.67. The predicted molar refractivity (Wildman–Crippen MR) is 145 cm³/mol. The van der Waals surface area contributed by atoms with E-state index in [0.717, 1.165) is 67.8 Å². The highest BCUT2D eigenvalue weighted by Gasteiger charge is 2.59. The fraction of sp³-hybridized carbons (Fsp3) is 0.727. The first-order valence-corrected chi connectivity index (χ1v) is 14.7. The minimum Gasteiger partial charge on any atom is -0.390 e. The number of benzene rings is 1. The Kier molecular flexibility index (Phi) is 6.93. The third-order valence-corrected chi connectivity index (χ3v) is 12.0. The second-order valence-corrected chi connectivity index (χ2v) is 13.5. The predicted octanol–water partition coefficient (Wildman–Crippen LogP) is 7.73. The molecule has 0 amide bonds. The molecule has 5 rings (SSSR count). The molecular formula is C33H47NO2. The average Bonchev–Trinajstić information content (AvgIpc) is 3.25. The van der Waals surface area contributed by atoms with Gasteiger partial charge in [0.1, 0.15) is 0 Å². The largest absolute Gasteiger partial charge is 0.390 e. The Morgan fingerprint density at radius 2 is 1.83 bits per heavy atom. The molecule has 2 N–H and O–H groups in total. The number of nitrogens with zero attached hydrogens (tertiary/aromatic N) is 1. The normalized spacial score (nSPS) is 41.3. The van der Waals surface area contributed by atoms with E-state index >= 15 is 0 Å². The number of hydrogen-bond donors (Lipinski definition) is 2. The highest BCUT2D eigenvalue weighted by atomic mass is 16.3. The van der Waals surface area contributed by atoms with E-state index in [2.05, 4.69) is 39.8 Å². The number of allylic oxidation sites excluding steroid dienone is 1. The summed E-state index contributed by atoms with van der Waals surface area (Å²) in [5.41, 5.74) is 3.15. The van der Waals surface area contributed by atoms with Gasteiger partial charge in [-0.3, -0.25) is 0 Å². The van der Waals surface area contributed by atoms with Crippen molar-refractivity contribution in [3.05, 3.63) is 47.0 Å². The third-order valence-electron chi connectivity index (χ3n) is 12.0. The highest BCUT2D eigenvalue weighted by molar-refractivity contribution is 5.38. The first kappa shape index (κ1) is 26.0. The van der Waals surface area contributed by atoms with Crippen molar-refractivity contribution < 1.29 is 10.2 Å². The van der Waals surface area contributed by atoms with Crippen molar-refractivity contribution >= 4 is 0 Å². The molecule has 196 valence electrons. The molecule has 4 aliphatic rings. The standard InChI is InChI=1S/C33H47NO2/c1-5-33(36)19-18-31(3)24(20-33)11-12-26-28-14-13-27(32(28,4)17-16-29(26)31)22(2)10-15-30(35)25-9-7-6-8-23(25)21-34/h6-9,11,22,26-30,35-36H,5,10,12-20H2,1-4H3/t22-,26+,27-,28+,29+,30-,31+,32-,33+/m1/s1. The van der Waals surface area contributed by atoms with E-state index < -0.39 is 11.7 Å². The van der Waals surface area contributed by atoms with E-state index in [1.54, 1.807) is 5.57 Å². The Hall–Kier alpha value is -1.63. The lowest BCUT2D eigenvalue weighted by Crippen LogP contribution is -2.52. The molecule has 0 bridgehead atoms. The van der Waals surface area contributed by atoms with Gasteiger partial charge in [-0.1, -0.05) is 57.5 Å². The number of rotatable bonds is 6. The molecule has 0 unspecified atom stereocenters. The molecule has 3 saturated carbocycles. The fourth-order valence-electron chi connectivity index (χ4n) is 9.66. The zero-order chi connectivity index (χ0) is 25.7. The molecule has 3 fully saturated rings. The molecule has 0 aromatic heterocycles. The Morgan fingerprint density at radius 3 is 2.58 bits per heavy atom. The minimum atomic E-state index is -0.557. The quantitative estimate of drug-likeness (QED) is 0.402. The molecular weight excluding hydrogens is 442 g/mol. The van der Waals surface area contributed by atoms with Gasteiger partial charge >= 0.3 is 0 Å². The molecule has 4 aliphatic carbocycles. The van der Waals surface area contributed by atoms with Gasteiger partial charge in [-0.2, -0.15) is 5.26 Å². The van der Waals surface area contributed by atoms with E-state index in [-0.39, 0.29) is 5.41 Å². The maximum absolute atomic E-state index is 11.0. The topological polar surface area (TPSA) is 64.2 Å². The van der Waals surface area contributed by atoms with E-state index in [9.17, 15) is 15.5 Å². The van der Waals surface area contributed by atoms with E-state index in [1.807, 2.05) is 24.3 Å². The Balaban J connectivity index is 1.28. The molecule has 0 spiro atoms. The van der Waals surface area contributed by atoms with Crippen molar-refractivity contribution in [3.8, 4) is 6.07 Å². The van der Waals surface area contributed by atoms with Crippen LogP contribution in [-0.4, -0.2) is 15.8 Å². The van der Waals surface area contributed by atoms with Crippen LogP contribution >= 0.6 is 0 Å². The maximum atomic E-state index is 11.0. The maximum Gasteiger partial charge on any atom is 0.0995 e. The van der Waals surface area contributed by atoms with Crippen LogP contribution in [0.4, 0.5) is 0 Å². The van der Waals surface area contributed by atoms with Crippen LogP contribution in [0.2, 0.25) is 0 Å². The molecule has 0 radical (unpaired) electrons. The van der Waals surface area contributed by atoms with E-state index in [0.29, 0.717) is 16.9 Å². The van der Waals surface area contributed by atoms with Crippen LogP contribution in [-0.2, 0) is 0 Å². The van der Waals surface area contributed by atoms with Gasteiger partial charge in [0.2, 0.25) is 0 Å². The SMILES string of the molecule is CC[C@]1(O)CC[C@@]2(C)C(=CC[C@H]3[C@@H]4CC[C@H]([C@H](C)CC[C@@H](O)c5ccccc5C#N)[C@@]4(C)CC[C@@H]32)C1. The number of aliphatic hydroxyl groups excluding tert-OH is 1.